The SMILES string of the molecule is CCCCCCOC(=O)NCc1cc(N(C)C)c2c(c1O)C(=O)C1C(=O)[C@@]3(O)C(=O)C(C(N)=O)C(O)[C@H](N(C)C)[C@H]3C[C@H]1C2. The lowest BCUT2D eigenvalue weighted by molar-refractivity contribution is -0.190. The van der Waals surface area contributed by atoms with Crippen molar-refractivity contribution >= 4 is 35.0 Å². The quantitative estimate of drug-likeness (QED) is 0.181. The first-order valence-electron chi connectivity index (χ1n) is 15.1. The number of aromatic hydroxyl groups is 1. The molecular formula is C31H44N4O9. The fourth-order valence-electron chi connectivity index (χ4n) is 7.37. The molecule has 0 radical (unpaired) electrons. The number of phenols is 1. The normalized spacial score (nSPS) is 29.5. The van der Waals surface area contributed by atoms with Gasteiger partial charge in [0.1, 0.15) is 11.7 Å². The van der Waals surface area contributed by atoms with Crippen LogP contribution in [0.3, 0.4) is 0 Å². The van der Waals surface area contributed by atoms with Gasteiger partial charge in [-0.25, -0.2) is 4.79 Å². The number of anilines is 1. The van der Waals surface area contributed by atoms with E-state index in [1.54, 1.807) is 44.1 Å². The zero-order chi connectivity index (χ0) is 32.7. The number of carbonyl (C=O) groups is 5. The van der Waals surface area contributed by atoms with Gasteiger partial charge in [0.2, 0.25) is 5.91 Å². The Bertz CT molecular complexity index is 1350. The van der Waals surface area contributed by atoms with Gasteiger partial charge in [-0.3, -0.25) is 19.2 Å². The molecule has 2 fully saturated rings. The van der Waals surface area contributed by atoms with Gasteiger partial charge in [0.15, 0.2) is 23.0 Å². The third kappa shape index (κ3) is 5.56. The summed E-state index contributed by atoms with van der Waals surface area (Å²) in [5.41, 5.74) is 3.90. The molecule has 1 aromatic rings. The maximum absolute atomic E-state index is 14.1. The lowest BCUT2D eigenvalue weighted by Gasteiger charge is -2.55. The van der Waals surface area contributed by atoms with Crippen molar-refractivity contribution in [3.63, 3.8) is 0 Å². The number of nitrogens with zero attached hydrogens (tertiary/aromatic N) is 2. The molecule has 0 saturated heterocycles. The number of ketones is 3. The Balaban J connectivity index is 1.69. The molecule has 0 heterocycles. The topological polar surface area (TPSA) is 200 Å². The summed E-state index contributed by atoms with van der Waals surface area (Å²) in [6.07, 6.45) is 1.71. The standard InChI is InChI=1S/C31H44N4O9/c1-6-7-8-9-10-44-30(42)33-14-16-13-19(34(2)3)17-11-15-12-18-23(35(4)5)26(38)22(29(32)41)28(40)31(18,43)27(39)20(15)25(37)21(17)24(16)36/h13,15,18,20,22-23,26,36,38,43H,6-12,14H2,1-5H3,(H2,32,41)(H,33,42)/t15-,18-,20?,22?,23-,26?,31-/m1/s1. The number of nitrogens with one attached hydrogen (secondary N) is 1. The molecule has 242 valence electrons. The number of benzene rings is 1. The summed E-state index contributed by atoms with van der Waals surface area (Å²) in [5.74, 6) is -9.70. The molecule has 3 aliphatic rings. The number of nitrogens with two attached hydrogens (primary N) is 1. The van der Waals surface area contributed by atoms with E-state index in [9.17, 15) is 39.3 Å². The number of alkyl carbamates (subject to hydrolysis) is 1. The molecule has 0 aromatic heterocycles. The average Bonchev–Trinajstić information content (AvgIpc) is 2.93. The molecule has 4 rings (SSSR count). The number of amides is 2. The smallest absolute Gasteiger partial charge is 0.407 e. The zero-order valence-electron chi connectivity index (χ0n) is 26.0. The number of phenolic OH excluding ortho intramolecular Hbond substituents is 1. The Morgan fingerprint density at radius 3 is 2.39 bits per heavy atom. The molecule has 44 heavy (non-hydrogen) atoms. The fraction of sp³-hybridized carbons (Fsp3) is 0.645. The van der Waals surface area contributed by atoms with Gasteiger partial charge in [-0.2, -0.15) is 0 Å². The predicted molar refractivity (Wildman–Crippen MR) is 159 cm³/mol. The molecule has 13 heteroatoms. The van der Waals surface area contributed by atoms with Crippen molar-refractivity contribution in [1.82, 2.24) is 10.2 Å². The second kappa shape index (κ2) is 12.8. The Morgan fingerprint density at radius 1 is 1.11 bits per heavy atom. The highest BCUT2D eigenvalue weighted by Crippen LogP contribution is 2.52. The van der Waals surface area contributed by atoms with Crippen molar-refractivity contribution < 1.29 is 44.0 Å². The minimum atomic E-state index is -2.73. The summed E-state index contributed by atoms with van der Waals surface area (Å²) in [6.45, 7) is 2.17. The molecule has 3 unspecified atom stereocenters. The van der Waals surface area contributed by atoms with Crippen molar-refractivity contribution in [2.45, 2.75) is 69.7 Å². The number of hydrogen-bond donors (Lipinski definition) is 5. The van der Waals surface area contributed by atoms with Crippen molar-refractivity contribution in [1.29, 1.82) is 0 Å². The van der Waals surface area contributed by atoms with Crippen molar-refractivity contribution in [3.8, 4) is 5.75 Å². The summed E-state index contributed by atoms with van der Waals surface area (Å²) in [6, 6.07) is 0.691. The number of likely N-dealkylation sites (N-methyl/N-ethyl adjacent to an activating group) is 1. The number of unbranched alkanes of at least 4 members (excludes halogenated alkanes) is 3. The fourth-order valence-corrected chi connectivity index (χ4v) is 7.37. The molecule has 1 aromatic carbocycles. The monoisotopic (exact) mass is 616 g/mol. The Kier molecular flexibility index (Phi) is 9.72. The highest BCUT2D eigenvalue weighted by molar-refractivity contribution is 6.25. The van der Waals surface area contributed by atoms with E-state index in [1.807, 2.05) is 0 Å². The number of carbonyl (C=O) groups excluding carboxylic acids is 5. The molecule has 3 aliphatic carbocycles. The molecule has 7 atom stereocenters. The first-order valence-corrected chi connectivity index (χ1v) is 15.1. The van der Waals surface area contributed by atoms with Crippen LogP contribution in [0, 0.1) is 23.7 Å². The number of Topliss-reactive ketones (excluding diaryl/α,β-unsaturated/α-hetero) is 3. The number of aliphatic hydroxyl groups is 2. The van der Waals surface area contributed by atoms with Crippen LogP contribution in [0.25, 0.3) is 0 Å². The minimum absolute atomic E-state index is 0.0241. The number of primary amides is 1. The predicted octanol–water partition coefficient (Wildman–Crippen LogP) is 0.531. The third-order valence-electron chi connectivity index (χ3n) is 9.48. The molecule has 6 N–H and O–H groups in total. The van der Waals surface area contributed by atoms with Gasteiger partial charge in [0.25, 0.3) is 0 Å². The Hall–Kier alpha value is -3.55. The second-order valence-corrected chi connectivity index (χ2v) is 12.7. The minimum Gasteiger partial charge on any atom is -0.507 e. The van der Waals surface area contributed by atoms with Gasteiger partial charge in [-0.05, 0) is 50.9 Å². The van der Waals surface area contributed by atoms with E-state index in [0.717, 1.165) is 25.7 Å². The lowest BCUT2D eigenvalue weighted by atomic mass is 9.52. The van der Waals surface area contributed by atoms with Gasteiger partial charge in [-0.1, -0.05) is 26.2 Å². The van der Waals surface area contributed by atoms with Crippen LogP contribution in [-0.2, 0) is 32.1 Å². The third-order valence-corrected chi connectivity index (χ3v) is 9.48. The highest BCUT2D eigenvalue weighted by Gasteiger charge is 2.69. The summed E-state index contributed by atoms with van der Waals surface area (Å²) in [4.78, 5) is 69.5. The van der Waals surface area contributed by atoms with Crippen LogP contribution >= 0.6 is 0 Å². The molecule has 0 bridgehead atoms. The van der Waals surface area contributed by atoms with E-state index in [1.165, 1.54) is 0 Å². The molecule has 13 nitrogen and oxygen atoms in total. The number of hydrogen-bond acceptors (Lipinski definition) is 11. The Morgan fingerprint density at radius 2 is 1.80 bits per heavy atom. The van der Waals surface area contributed by atoms with Gasteiger partial charge in [0.05, 0.1) is 24.2 Å². The van der Waals surface area contributed by atoms with Crippen LogP contribution in [-0.4, -0.2) is 102 Å². The number of fused-ring (bicyclic) bond motifs is 3. The van der Waals surface area contributed by atoms with Gasteiger partial charge in [0, 0.05) is 43.9 Å². The van der Waals surface area contributed by atoms with Crippen LogP contribution < -0.4 is 16.0 Å². The van der Waals surface area contributed by atoms with Crippen molar-refractivity contribution in [2.24, 2.45) is 29.4 Å². The van der Waals surface area contributed by atoms with Gasteiger partial charge < -0.3 is 40.9 Å². The number of rotatable bonds is 10. The van der Waals surface area contributed by atoms with E-state index in [4.69, 9.17) is 10.5 Å². The van der Waals surface area contributed by atoms with Crippen LogP contribution in [0.2, 0.25) is 0 Å². The van der Waals surface area contributed by atoms with E-state index in [2.05, 4.69) is 12.2 Å². The van der Waals surface area contributed by atoms with Crippen LogP contribution in [0.15, 0.2) is 6.07 Å². The van der Waals surface area contributed by atoms with Crippen LogP contribution in [0.1, 0.15) is 60.5 Å². The highest BCUT2D eigenvalue weighted by atomic mass is 16.5. The average molecular weight is 617 g/mol. The number of aliphatic hydroxyl groups excluding tert-OH is 1. The van der Waals surface area contributed by atoms with E-state index >= 15 is 0 Å². The summed E-state index contributed by atoms with van der Waals surface area (Å²) < 4.78 is 5.21. The van der Waals surface area contributed by atoms with Gasteiger partial charge >= 0.3 is 6.09 Å². The lowest BCUT2D eigenvalue weighted by Crippen LogP contribution is -2.75. The van der Waals surface area contributed by atoms with Crippen LogP contribution in [0.4, 0.5) is 10.5 Å². The molecular weight excluding hydrogens is 572 g/mol. The molecule has 0 aliphatic heterocycles. The van der Waals surface area contributed by atoms with E-state index in [0.29, 0.717) is 11.3 Å². The maximum atomic E-state index is 14.1. The first kappa shape index (κ1) is 33.3. The van der Waals surface area contributed by atoms with E-state index in [-0.39, 0.29) is 37.1 Å². The summed E-state index contributed by atoms with van der Waals surface area (Å²) >= 11 is 0. The molecule has 2 saturated carbocycles. The zero-order valence-corrected chi connectivity index (χ0v) is 26.0. The summed E-state index contributed by atoms with van der Waals surface area (Å²) in [5, 5.41) is 36.7. The second-order valence-electron chi connectivity index (χ2n) is 12.7. The van der Waals surface area contributed by atoms with Crippen molar-refractivity contribution in [2.75, 3.05) is 39.7 Å². The van der Waals surface area contributed by atoms with Gasteiger partial charge in [-0.15, -0.1) is 0 Å². The summed E-state index contributed by atoms with van der Waals surface area (Å²) in [7, 11) is 6.72. The van der Waals surface area contributed by atoms with E-state index < -0.39 is 76.5 Å². The maximum Gasteiger partial charge on any atom is 0.407 e. The molecule has 2 amide bonds. The number of ether oxygens (including phenoxy) is 1. The largest absolute Gasteiger partial charge is 0.507 e. The first-order chi connectivity index (χ1) is 20.7. The Labute approximate surface area is 256 Å². The van der Waals surface area contributed by atoms with Crippen LogP contribution in [0.5, 0.6) is 5.75 Å². The molecule has 0 spiro atoms. The van der Waals surface area contributed by atoms with Crippen molar-refractivity contribution in [3.05, 3.63) is 22.8 Å².